The summed E-state index contributed by atoms with van der Waals surface area (Å²) in [7, 11) is -3.85. The number of para-hydroxylation sites is 1. The predicted molar refractivity (Wildman–Crippen MR) is 128 cm³/mol. The molecular formula is C25H22FN3O6S. The second-order valence-electron chi connectivity index (χ2n) is 7.68. The van der Waals surface area contributed by atoms with E-state index >= 15 is 0 Å². The minimum Gasteiger partial charge on any atom is -0.482 e. The third kappa shape index (κ3) is 5.98. The average Bonchev–Trinajstić information content (AvgIpc) is 2.90. The lowest BCUT2D eigenvalue weighted by atomic mass is 10.2. The summed E-state index contributed by atoms with van der Waals surface area (Å²) >= 11 is 0. The van der Waals surface area contributed by atoms with Gasteiger partial charge in [0, 0.05) is 13.1 Å². The number of nitriles is 1. The van der Waals surface area contributed by atoms with Crippen LogP contribution in [0.15, 0.2) is 71.6 Å². The lowest BCUT2D eigenvalue weighted by Gasteiger charge is -2.26. The van der Waals surface area contributed by atoms with Crippen LogP contribution in [0.2, 0.25) is 0 Å². The second-order valence-corrected chi connectivity index (χ2v) is 9.61. The fourth-order valence-electron chi connectivity index (χ4n) is 3.44. The van der Waals surface area contributed by atoms with E-state index in [4.69, 9.17) is 14.2 Å². The van der Waals surface area contributed by atoms with Crippen molar-refractivity contribution >= 4 is 21.6 Å². The Morgan fingerprint density at radius 2 is 1.78 bits per heavy atom. The number of amides is 1. The molecule has 1 fully saturated rings. The topological polar surface area (TPSA) is 118 Å². The van der Waals surface area contributed by atoms with Gasteiger partial charge in [0.15, 0.2) is 12.4 Å². The number of nitrogens with one attached hydrogen (secondary N) is 1. The maximum Gasteiger partial charge on any atom is 0.262 e. The number of hydrogen-bond donors (Lipinski definition) is 1. The number of carbonyl (C=O) groups is 1. The third-order valence-electron chi connectivity index (χ3n) is 5.24. The molecule has 4 rings (SSSR count). The summed E-state index contributed by atoms with van der Waals surface area (Å²) in [5.41, 5.74) is 0.347. The van der Waals surface area contributed by atoms with E-state index in [-0.39, 0.29) is 59.7 Å². The standard InChI is InChI=1S/C25H22FN3O6S/c26-19-5-7-20(8-6-19)35-24-10-9-21(36(31,32)29-11-13-33-14-12-29)15-22(24)28-25(30)17-34-23-4-2-1-3-18(23)16-27/h1-10,15H,11-14,17H2,(H,28,30). The van der Waals surface area contributed by atoms with E-state index in [0.29, 0.717) is 0 Å². The number of nitrogens with zero attached hydrogens (tertiary/aromatic N) is 2. The number of anilines is 1. The van der Waals surface area contributed by atoms with Crippen molar-refractivity contribution in [2.45, 2.75) is 4.90 Å². The summed E-state index contributed by atoms with van der Waals surface area (Å²) in [4.78, 5) is 12.7. The molecule has 0 unspecified atom stereocenters. The van der Waals surface area contributed by atoms with Gasteiger partial charge in [0.05, 0.1) is 29.4 Å². The zero-order chi connectivity index (χ0) is 25.5. The lowest BCUT2D eigenvalue weighted by Crippen LogP contribution is -2.40. The Kier molecular flexibility index (Phi) is 7.80. The first-order valence-electron chi connectivity index (χ1n) is 10.9. The molecule has 0 saturated carbocycles. The summed E-state index contributed by atoms with van der Waals surface area (Å²) in [5, 5.41) is 11.8. The van der Waals surface area contributed by atoms with Crippen LogP contribution in [0.3, 0.4) is 0 Å². The van der Waals surface area contributed by atoms with Crippen molar-refractivity contribution in [3.8, 4) is 23.3 Å². The maximum absolute atomic E-state index is 13.3. The molecule has 1 aliphatic heterocycles. The van der Waals surface area contributed by atoms with Crippen molar-refractivity contribution in [3.63, 3.8) is 0 Å². The van der Waals surface area contributed by atoms with Gasteiger partial charge in [-0.25, -0.2) is 12.8 Å². The van der Waals surface area contributed by atoms with Crippen LogP contribution in [0.4, 0.5) is 10.1 Å². The van der Waals surface area contributed by atoms with Gasteiger partial charge in [-0.2, -0.15) is 9.57 Å². The number of rotatable bonds is 8. The van der Waals surface area contributed by atoms with Crippen LogP contribution in [0.5, 0.6) is 17.2 Å². The molecule has 9 nitrogen and oxygen atoms in total. The van der Waals surface area contributed by atoms with Crippen molar-refractivity contribution < 1.29 is 31.8 Å². The molecule has 11 heteroatoms. The monoisotopic (exact) mass is 511 g/mol. The van der Waals surface area contributed by atoms with Gasteiger partial charge < -0.3 is 19.5 Å². The second kappa shape index (κ2) is 11.2. The quantitative estimate of drug-likeness (QED) is 0.492. The van der Waals surface area contributed by atoms with Crippen LogP contribution in [-0.2, 0) is 19.6 Å². The number of morpholine rings is 1. The zero-order valence-electron chi connectivity index (χ0n) is 19.0. The normalized spacial score (nSPS) is 14.0. The Hall–Kier alpha value is -3.98. The molecule has 1 saturated heterocycles. The summed E-state index contributed by atoms with van der Waals surface area (Å²) in [6, 6.07) is 17.8. The van der Waals surface area contributed by atoms with E-state index in [9.17, 15) is 22.9 Å². The van der Waals surface area contributed by atoms with E-state index < -0.39 is 28.4 Å². The number of sulfonamides is 1. The van der Waals surface area contributed by atoms with E-state index in [1.54, 1.807) is 24.3 Å². The van der Waals surface area contributed by atoms with Crippen LogP contribution >= 0.6 is 0 Å². The highest BCUT2D eigenvalue weighted by Crippen LogP contribution is 2.33. The predicted octanol–water partition coefficient (Wildman–Crippen LogP) is 3.53. The first-order chi connectivity index (χ1) is 17.4. The van der Waals surface area contributed by atoms with Crippen LogP contribution in [0.25, 0.3) is 0 Å². The van der Waals surface area contributed by atoms with Gasteiger partial charge in [-0.1, -0.05) is 12.1 Å². The van der Waals surface area contributed by atoms with Crippen molar-refractivity contribution in [3.05, 3.63) is 78.1 Å². The van der Waals surface area contributed by atoms with Crippen molar-refractivity contribution in [1.29, 1.82) is 5.26 Å². The van der Waals surface area contributed by atoms with E-state index in [1.165, 1.54) is 46.8 Å². The Morgan fingerprint density at radius 3 is 2.50 bits per heavy atom. The van der Waals surface area contributed by atoms with Crippen LogP contribution < -0.4 is 14.8 Å². The average molecular weight is 512 g/mol. The molecule has 3 aromatic carbocycles. The summed E-state index contributed by atoms with van der Waals surface area (Å²) < 4.78 is 57.4. The highest BCUT2D eigenvalue weighted by Gasteiger charge is 2.27. The molecule has 1 amide bonds. The van der Waals surface area contributed by atoms with Gasteiger partial charge in [-0.15, -0.1) is 0 Å². The van der Waals surface area contributed by atoms with Gasteiger partial charge in [0.1, 0.15) is 23.4 Å². The molecule has 3 aromatic rings. The summed E-state index contributed by atoms with van der Waals surface area (Å²) in [6.07, 6.45) is 0. The zero-order valence-corrected chi connectivity index (χ0v) is 19.8. The van der Waals surface area contributed by atoms with Gasteiger partial charge in [0.25, 0.3) is 5.91 Å². The first-order valence-corrected chi connectivity index (χ1v) is 12.4. The number of benzene rings is 3. The highest BCUT2D eigenvalue weighted by molar-refractivity contribution is 7.89. The van der Waals surface area contributed by atoms with Crippen LogP contribution in [0, 0.1) is 17.1 Å². The van der Waals surface area contributed by atoms with Crippen molar-refractivity contribution in [2.75, 3.05) is 38.2 Å². The molecular weight excluding hydrogens is 489 g/mol. The molecule has 1 heterocycles. The Balaban J connectivity index is 1.59. The third-order valence-corrected chi connectivity index (χ3v) is 7.14. The maximum atomic E-state index is 13.3. The van der Waals surface area contributed by atoms with Crippen LogP contribution in [-0.4, -0.2) is 51.5 Å². The van der Waals surface area contributed by atoms with Crippen molar-refractivity contribution in [2.24, 2.45) is 0 Å². The molecule has 1 N–H and O–H groups in total. The van der Waals surface area contributed by atoms with Crippen molar-refractivity contribution in [1.82, 2.24) is 4.31 Å². The Labute approximate surface area is 207 Å². The molecule has 0 atom stereocenters. The molecule has 0 bridgehead atoms. The first kappa shape index (κ1) is 25.1. The van der Waals surface area contributed by atoms with Gasteiger partial charge in [-0.05, 0) is 54.6 Å². The molecule has 0 spiro atoms. The largest absolute Gasteiger partial charge is 0.482 e. The molecule has 0 radical (unpaired) electrons. The lowest BCUT2D eigenvalue weighted by molar-refractivity contribution is -0.118. The minimum absolute atomic E-state index is 0.0399. The minimum atomic E-state index is -3.85. The molecule has 0 aliphatic carbocycles. The van der Waals surface area contributed by atoms with E-state index in [2.05, 4.69) is 5.32 Å². The number of hydrogen-bond acceptors (Lipinski definition) is 7. The van der Waals surface area contributed by atoms with E-state index in [1.807, 2.05) is 6.07 Å². The molecule has 0 aromatic heterocycles. The van der Waals surface area contributed by atoms with E-state index in [0.717, 1.165) is 0 Å². The Morgan fingerprint density at radius 1 is 1.06 bits per heavy atom. The van der Waals surface area contributed by atoms with Gasteiger partial charge in [-0.3, -0.25) is 4.79 Å². The van der Waals surface area contributed by atoms with Crippen LogP contribution in [0.1, 0.15) is 5.56 Å². The number of carbonyl (C=O) groups excluding carboxylic acids is 1. The van der Waals surface area contributed by atoms with Gasteiger partial charge >= 0.3 is 0 Å². The summed E-state index contributed by atoms with van der Waals surface area (Å²) in [5.74, 6) is -0.380. The number of ether oxygens (including phenoxy) is 3. The fourth-order valence-corrected chi connectivity index (χ4v) is 4.87. The fraction of sp³-hybridized carbons (Fsp3) is 0.200. The summed E-state index contributed by atoms with van der Waals surface area (Å²) in [6.45, 7) is 0.565. The SMILES string of the molecule is N#Cc1ccccc1OCC(=O)Nc1cc(S(=O)(=O)N2CCOCC2)ccc1Oc1ccc(F)cc1. The highest BCUT2D eigenvalue weighted by atomic mass is 32.2. The van der Waals surface area contributed by atoms with Gasteiger partial charge in [0.2, 0.25) is 10.0 Å². The molecule has 186 valence electrons. The molecule has 1 aliphatic rings. The Bertz CT molecular complexity index is 1380. The number of halogens is 1. The molecule has 36 heavy (non-hydrogen) atoms. The smallest absolute Gasteiger partial charge is 0.262 e.